The third-order valence-electron chi connectivity index (χ3n) is 4.40. The van der Waals surface area contributed by atoms with E-state index in [1.807, 2.05) is 0 Å². The molecule has 3 heteroatoms. The number of carbonyl (C=O) groups excluding carboxylic acids is 1. The van der Waals surface area contributed by atoms with Gasteiger partial charge in [-0.05, 0) is 43.6 Å². The van der Waals surface area contributed by atoms with Crippen LogP contribution in [0.15, 0.2) is 0 Å². The summed E-state index contributed by atoms with van der Waals surface area (Å²) in [7, 11) is 0. The Balaban J connectivity index is 2.08. The van der Waals surface area contributed by atoms with Gasteiger partial charge in [-0.15, -0.1) is 0 Å². The Hall–Kier alpha value is -0.570. The number of amides is 1. The van der Waals surface area contributed by atoms with Crippen LogP contribution in [-0.4, -0.2) is 19.0 Å². The summed E-state index contributed by atoms with van der Waals surface area (Å²) in [5, 5.41) is 3.08. The molecule has 1 unspecified atom stereocenters. The van der Waals surface area contributed by atoms with Crippen LogP contribution in [0.25, 0.3) is 0 Å². The molecule has 106 valence electrons. The number of rotatable bonds is 7. The highest BCUT2D eigenvalue weighted by Crippen LogP contribution is 2.30. The van der Waals surface area contributed by atoms with Gasteiger partial charge >= 0.3 is 0 Å². The van der Waals surface area contributed by atoms with Gasteiger partial charge in [-0.2, -0.15) is 0 Å². The second kappa shape index (κ2) is 8.52. The first kappa shape index (κ1) is 15.5. The third kappa shape index (κ3) is 5.85. The van der Waals surface area contributed by atoms with E-state index in [9.17, 15) is 4.79 Å². The van der Waals surface area contributed by atoms with Crippen LogP contribution in [0.3, 0.4) is 0 Å². The van der Waals surface area contributed by atoms with E-state index in [4.69, 9.17) is 5.73 Å². The molecule has 0 aliphatic heterocycles. The van der Waals surface area contributed by atoms with Crippen molar-refractivity contribution in [3.8, 4) is 0 Å². The zero-order valence-electron chi connectivity index (χ0n) is 12.1. The molecule has 0 aromatic heterocycles. The molecule has 0 aromatic carbocycles. The Morgan fingerprint density at radius 2 is 1.89 bits per heavy atom. The topological polar surface area (TPSA) is 55.1 Å². The van der Waals surface area contributed by atoms with Gasteiger partial charge in [0.1, 0.15) is 0 Å². The summed E-state index contributed by atoms with van der Waals surface area (Å²) in [4.78, 5) is 11.7. The van der Waals surface area contributed by atoms with Crippen LogP contribution in [0.5, 0.6) is 0 Å². The van der Waals surface area contributed by atoms with Gasteiger partial charge in [-0.3, -0.25) is 4.79 Å². The number of hydrogen-bond acceptors (Lipinski definition) is 2. The monoisotopic (exact) mass is 254 g/mol. The van der Waals surface area contributed by atoms with Gasteiger partial charge in [0.25, 0.3) is 0 Å². The van der Waals surface area contributed by atoms with Crippen molar-refractivity contribution in [1.82, 2.24) is 5.32 Å². The molecule has 0 spiro atoms. The average molecular weight is 254 g/mol. The van der Waals surface area contributed by atoms with E-state index >= 15 is 0 Å². The van der Waals surface area contributed by atoms with Crippen molar-refractivity contribution in [1.29, 1.82) is 0 Å². The van der Waals surface area contributed by atoms with E-state index in [1.165, 1.54) is 32.1 Å². The average Bonchev–Trinajstić information content (AvgIpc) is 2.42. The molecule has 1 saturated carbocycles. The predicted octanol–water partition coefficient (Wildman–Crippen LogP) is 2.69. The molecule has 0 bridgehead atoms. The van der Waals surface area contributed by atoms with Gasteiger partial charge in [0.2, 0.25) is 5.91 Å². The van der Waals surface area contributed by atoms with E-state index < -0.39 is 0 Å². The van der Waals surface area contributed by atoms with Crippen LogP contribution in [0.1, 0.15) is 58.8 Å². The standard InChI is InChI=1S/C15H30N2O/c1-3-13-5-7-14(8-6-13)11-17-15(18)9-4-12(2)10-16/h12-14H,3-11,16H2,1-2H3,(H,17,18). The van der Waals surface area contributed by atoms with Crippen LogP contribution >= 0.6 is 0 Å². The van der Waals surface area contributed by atoms with Crippen molar-refractivity contribution < 1.29 is 4.79 Å². The second-order valence-electron chi connectivity index (χ2n) is 5.98. The van der Waals surface area contributed by atoms with Crippen LogP contribution in [0.4, 0.5) is 0 Å². The van der Waals surface area contributed by atoms with Crippen molar-refractivity contribution >= 4 is 5.91 Å². The molecular formula is C15H30N2O. The SMILES string of the molecule is CCC1CCC(CNC(=O)CCC(C)CN)CC1. The van der Waals surface area contributed by atoms with Crippen LogP contribution in [-0.2, 0) is 4.79 Å². The first-order chi connectivity index (χ1) is 8.65. The summed E-state index contributed by atoms with van der Waals surface area (Å²) < 4.78 is 0. The summed E-state index contributed by atoms with van der Waals surface area (Å²) >= 11 is 0. The molecule has 1 fully saturated rings. The Bertz CT molecular complexity index is 235. The van der Waals surface area contributed by atoms with E-state index in [-0.39, 0.29) is 5.91 Å². The van der Waals surface area contributed by atoms with Gasteiger partial charge in [0, 0.05) is 13.0 Å². The fourth-order valence-corrected chi connectivity index (χ4v) is 2.69. The molecule has 1 atom stereocenters. The van der Waals surface area contributed by atoms with Gasteiger partial charge < -0.3 is 11.1 Å². The molecule has 0 aromatic rings. The quantitative estimate of drug-likeness (QED) is 0.734. The summed E-state index contributed by atoms with van der Waals surface area (Å²) in [5.74, 6) is 2.30. The van der Waals surface area contributed by atoms with Crippen molar-refractivity contribution in [2.24, 2.45) is 23.5 Å². The van der Waals surface area contributed by atoms with Crippen molar-refractivity contribution in [2.75, 3.05) is 13.1 Å². The van der Waals surface area contributed by atoms with Crippen LogP contribution in [0.2, 0.25) is 0 Å². The first-order valence-electron chi connectivity index (χ1n) is 7.62. The minimum Gasteiger partial charge on any atom is -0.356 e. The summed E-state index contributed by atoms with van der Waals surface area (Å²) in [6.07, 6.45) is 8.13. The molecule has 18 heavy (non-hydrogen) atoms. The fraction of sp³-hybridized carbons (Fsp3) is 0.933. The molecule has 1 aliphatic carbocycles. The number of carbonyl (C=O) groups is 1. The van der Waals surface area contributed by atoms with E-state index in [0.29, 0.717) is 24.8 Å². The predicted molar refractivity (Wildman–Crippen MR) is 76.2 cm³/mol. The minimum atomic E-state index is 0.202. The summed E-state index contributed by atoms with van der Waals surface area (Å²) in [5.41, 5.74) is 5.54. The van der Waals surface area contributed by atoms with Crippen molar-refractivity contribution in [3.05, 3.63) is 0 Å². The molecule has 0 radical (unpaired) electrons. The fourth-order valence-electron chi connectivity index (χ4n) is 2.69. The summed E-state index contributed by atoms with van der Waals surface area (Å²) in [6, 6.07) is 0. The maximum Gasteiger partial charge on any atom is 0.220 e. The smallest absolute Gasteiger partial charge is 0.220 e. The van der Waals surface area contributed by atoms with Gasteiger partial charge in [-0.25, -0.2) is 0 Å². The molecule has 1 rings (SSSR count). The largest absolute Gasteiger partial charge is 0.356 e. The van der Waals surface area contributed by atoms with Gasteiger partial charge in [0.05, 0.1) is 0 Å². The first-order valence-corrected chi connectivity index (χ1v) is 7.62. The highest BCUT2D eigenvalue weighted by molar-refractivity contribution is 5.75. The second-order valence-corrected chi connectivity index (χ2v) is 5.98. The third-order valence-corrected chi connectivity index (χ3v) is 4.40. The van der Waals surface area contributed by atoms with E-state index in [2.05, 4.69) is 19.2 Å². The van der Waals surface area contributed by atoms with Crippen molar-refractivity contribution in [2.45, 2.75) is 58.8 Å². The van der Waals surface area contributed by atoms with Crippen LogP contribution < -0.4 is 11.1 Å². The molecule has 1 aliphatic rings. The Kier molecular flexibility index (Phi) is 7.33. The van der Waals surface area contributed by atoms with Crippen molar-refractivity contribution in [3.63, 3.8) is 0 Å². The normalized spacial score (nSPS) is 25.7. The zero-order chi connectivity index (χ0) is 13.4. The number of nitrogens with one attached hydrogen (secondary N) is 1. The number of nitrogens with two attached hydrogens (primary N) is 1. The molecule has 0 heterocycles. The lowest BCUT2D eigenvalue weighted by Gasteiger charge is -2.27. The molecule has 0 saturated heterocycles. The lowest BCUT2D eigenvalue weighted by molar-refractivity contribution is -0.121. The Morgan fingerprint density at radius 3 is 2.44 bits per heavy atom. The highest BCUT2D eigenvalue weighted by Gasteiger charge is 2.20. The van der Waals surface area contributed by atoms with E-state index in [0.717, 1.165) is 18.9 Å². The van der Waals surface area contributed by atoms with Gasteiger partial charge in [-0.1, -0.05) is 33.1 Å². The molecular weight excluding hydrogens is 224 g/mol. The lowest BCUT2D eigenvalue weighted by atomic mass is 9.81. The van der Waals surface area contributed by atoms with Crippen LogP contribution in [0, 0.1) is 17.8 Å². The number of hydrogen-bond donors (Lipinski definition) is 2. The molecule has 1 amide bonds. The van der Waals surface area contributed by atoms with Gasteiger partial charge in [0.15, 0.2) is 0 Å². The maximum absolute atomic E-state index is 11.7. The zero-order valence-corrected chi connectivity index (χ0v) is 12.1. The maximum atomic E-state index is 11.7. The molecule has 3 N–H and O–H groups in total. The molecule has 3 nitrogen and oxygen atoms in total. The van der Waals surface area contributed by atoms with E-state index in [1.54, 1.807) is 0 Å². The Morgan fingerprint density at radius 1 is 1.28 bits per heavy atom. The lowest BCUT2D eigenvalue weighted by Crippen LogP contribution is -2.31. The highest BCUT2D eigenvalue weighted by atomic mass is 16.1. The summed E-state index contributed by atoms with van der Waals surface area (Å²) in [6.45, 7) is 5.94. The minimum absolute atomic E-state index is 0.202. The Labute approximate surface area is 112 Å².